The van der Waals surface area contributed by atoms with Crippen molar-refractivity contribution in [1.82, 2.24) is 9.97 Å². The Balaban J connectivity index is 0.000000241. The molecule has 0 aliphatic heterocycles. The maximum atomic E-state index is 6.80. The van der Waals surface area contributed by atoms with Crippen molar-refractivity contribution in [2.24, 2.45) is 0 Å². The maximum absolute atomic E-state index is 6.80. The number of aryl methyl sites for hydroxylation is 1. The predicted molar refractivity (Wildman–Crippen MR) is 198 cm³/mol. The van der Waals surface area contributed by atoms with Crippen molar-refractivity contribution in [3.63, 3.8) is 0 Å². The Bertz CT molecular complexity index is 2240. The molecule has 247 valence electrons. The molecule has 4 aromatic heterocycles. The summed E-state index contributed by atoms with van der Waals surface area (Å²) in [6.45, 7) is 18.3. The Labute approximate surface area is 302 Å². The molecule has 1 aliphatic rings. The van der Waals surface area contributed by atoms with Crippen molar-refractivity contribution < 1.29 is 24.5 Å². The second-order valence-corrected chi connectivity index (χ2v) is 16.3. The van der Waals surface area contributed by atoms with Crippen LogP contribution in [-0.2, 0) is 36.4 Å². The molecule has 0 spiro atoms. The largest absolute Gasteiger partial charge is 0.500 e. The van der Waals surface area contributed by atoms with Gasteiger partial charge in [-0.2, -0.15) is 0 Å². The van der Waals surface area contributed by atoms with Crippen LogP contribution in [0.3, 0.4) is 0 Å². The molecule has 8 rings (SSSR count). The van der Waals surface area contributed by atoms with E-state index in [-0.39, 0.29) is 36.4 Å². The van der Waals surface area contributed by atoms with E-state index in [2.05, 4.69) is 102 Å². The minimum atomic E-state index is 0. The van der Waals surface area contributed by atoms with Gasteiger partial charge < -0.3 is 14.4 Å². The molecular formula is C43H42IrN2OS-2. The van der Waals surface area contributed by atoms with Crippen LogP contribution in [0.4, 0.5) is 0 Å². The first kappa shape index (κ1) is 34.2. The van der Waals surface area contributed by atoms with E-state index in [1.54, 1.807) is 0 Å². The van der Waals surface area contributed by atoms with Crippen LogP contribution in [0.1, 0.15) is 82.9 Å². The monoisotopic (exact) mass is 827 g/mol. The Morgan fingerprint density at radius 3 is 2.27 bits per heavy atom. The molecule has 3 aromatic carbocycles. The molecule has 7 aromatic rings. The zero-order valence-corrected chi connectivity index (χ0v) is 32.3. The van der Waals surface area contributed by atoms with E-state index in [4.69, 9.17) is 9.40 Å². The Kier molecular flexibility index (Phi) is 9.04. The second-order valence-electron chi connectivity index (χ2n) is 15.3. The number of nitrogens with zero attached hydrogens (tertiary/aromatic N) is 2. The topological polar surface area (TPSA) is 38.9 Å². The predicted octanol–water partition coefficient (Wildman–Crippen LogP) is 12.2. The number of hydrogen-bond acceptors (Lipinski definition) is 4. The first-order valence-corrected chi connectivity index (χ1v) is 17.4. The van der Waals surface area contributed by atoms with Gasteiger partial charge in [0.25, 0.3) is 0 Å². The molecule has 0 bridgehead atoms. The van der Waals surface area contributed by atoms with Gasteiger partial charge in [-0.25, -0.2) is 0 Å². The first-order valence-electron chi connectivity index (χ1n) is 16.5. The first-order chi connectivity index (χ1) is 22.3. The number of pyridine rings is 2. The maximum Gasteiger partial charge on any atom is 0.129 e. The van der Waals surface area contributed by atoms with Crippen molar-refractivity contribution in [3.8, 4) is 22.5 Å². The molecule has 1 aliphatic carbocycles. The van der Waals surface area contributed by atoms with Crippen LogP contribution >= 0.6 is 11.3 Å². The van der Waals surface area contributed by atoms with Crippen molar-refractivity contribution >= 4 is 43.4 Å². The molecular weight excluding hydrogens is 785 g/mol. The van der Waals surface area contributed by atoms with Gasteiger partial charge in [0.2, 0.25) is 0 Å². The van der Waals surface area contributed by atoms with Crippen molar-refractivity contribution in [2.45, 2.75) is 84.5 Å². The summed E-state index contributed by atoms with van der Waals surface area (Å²) in [5, 5.41) is 3.64. The van der Waals surface area contributed by atoms with Crippen LogP contribution in [0.15, 0.2) is 89.6 Å². The fourth-order valence-electron chi connectivity index (χ4n) is 6.77. The number of thiophene rings is 1. The van der Waals surface area contributed by atoms with Crippen LogP contribution in [0.25, 0.3) is 54.5 Å². The molecule has 1 radical (unpaired) electrons. The minimum Gasteiger partial charge on any atom is -0.500 e. The second kappa shape index (κ2) is 12.7. The summed E-state index contributed by atoms with van der Waals surface area (Å²) in [6, 6.07) is 31.5. The zero-order valence-electron chi connectivity index (χ0n) is 29.0. The summed E-state index contributed by atoms with van der Waals surface area (Å²) in [6.07, 6.45) is 6.19. The van der Waals surface area contributed by atoms with E-state index in [0.29, 0.717) is 0 Å². The van der Waals surface area contributed by atoms with Gasteiger partial charge in [0.15, 0.2) is 0 Å². The van der Waals surface area contributed by atoms with Gasteiger partial charge in [-0.1, -0.05) is 83.7 Å². The van der Waals surface area contributed by atoms with E-state index >= 15 is 0 Å². The summed E-state index contributed by atoms with van der Waals surface area (Å²) in [5.41, 5.74) is 10.1. The van der Waals surface area contributed by atoms with E-state index in [0.717, 1.165) is 39.1 Å². The summed E-state index contributed by atoms with van der Waals surface area (Å²) in [7, 11) is 0. The quantitative estimate of drug-likeness (QED) is 0.163. The number of fused-ring (bicyclic) bond motifs is 7. The summed E-state index contributed by atoms with van der Waals surface area (Å²) < 4.78 is 8.13. The molecule has 48 heavy (non-hydrogen) atoms. The Hall–Kier alpha value is -3.63. The van der Waals surface area contributed by atoms with Gasteiger partial charge in [0, 0.05) is 52.8 Å². The van der Waals surface area contributed by atoms with Crippen LogP contribution in [0, 0.1) is 19.1 Å². The molecule has 0 N–H and O–H groups in total. The van der Waals surface area contributed by atoms with Crippen LogP contribution in [0.2, 0.25) is 0 Å². The standard InChI is InChI=1S/C31H32NOS.C12H10N.Ir/c1-29(2,3)18-13-16-32-22(17-18)21-10-8-9-19-20-11-12-23-24(27(20)33-26(19)21)25-28(34-23)31(6,7)15-14-30(25,4)5;1-10-7-8-12(13-9-10)11-5-3-2-4-6-11;/h8-9,11-13,16-17H,14-15H2,1-7H3;2-5,7-9H,1H3;/q2*-1;. The third-order valence-electron chi connectivity index (χ3n) is 9.70. The summed E-state index contributed by atoms with van der Waals surface area (Å²) in [4.78, 5) is 10.6. The normalized spacial score (nSPS) is 15.1. The number of furan rings is 1. The number of benzene rings is 3. The fraction of sp³-hybridized carbons (Fsp3) is 0.302. The van der Waals surface area contributed by atoms with Crippen molar-refractivity contribution in [3.05, 3.63) is 119 Å². The van der Waals surface area contributed by atoms with Gasteiger partial charge in [0.05, 0.1) is 5.58 Å². The zero-order chi connectivity index (χ0) is 33.1. The number of rotatable bonds is 2. The Morgan fingerprint density at radius 1 is 0.792 bits per heavy atom. The smallest absolute Gasteiger partial charge is 0.129 e. The Morgan fingerprint density at radius 2 is 1.56 bits per heavy atom. The van der Waals surface area contributed by atoms with Gasteiger partial charge in [-0.3, -0.25) is 0 Å². The van der Waals surface area contributed by atoms with Crippen molar-refractivity contribution in [2.75, 3.05) is 0 Å². The van der Waals surface area contributed by atoms with Crippen LogP contribution < -0.4 is 0 Å². The molecule has 0 unspecified atom stereocenters. The molecule has 0 amide bonds. The van der Waals surface area contributed by atoms with E-state index < -0.39 is 0 Å². The van der Waals surface area contributed by atoms with E-state index in [1.165, 1.54) is 49.9 Å². The fourth-order valence-corrected chi connectivity index (χ4v) is 8.28. The van der Waals surface area contributed by atoms with Crippen LogP contribution in [-0.4, -0.2) is 9.97 Å². The average molecular weight is 827 g/mol. The molecule has 0 fully saturated rings. The van der Waals surface area contributed by atoms with Crippen LogP contribution in [0.5, 0.6) is 0 Å². The summed E-state index contributed by atoms with van der Waals surface area (Å²) >= 11 is 1.96. The van der Waals surface area contributed by atoms with Gasteiger partial charge in [-0.05, 0) is 76.2 Å². The molecule has 0 atom stereocenters. The molecule has 0 saturated heterocycles. The SMILES string of the molecule is CC(C)(C)c1ccnc(-c2[c-]ccc3c2oc2c3ccc3sc4c(c32)C(C)(C)CCC4(C)C)c1.Cc1ccc(-c2[c-]cccc2)nc1.[Ir]. The third kappa shape index (κ3) is 6.17. The number of hydrogen-bond donors (Lipinski definition) is 0. The van der Waals surface area contributed by atoms with Gasteiger partial charge in [-0.15, -0.1) is 65.4 Å². The average Bonchev–Trinajstić information content (AvgIpc) is 3.65. The molecule has 5 heteroatoms. The number of aromatic nitrogens is 2. The van der Waals surface area contributed by atoms with Gasteiger partial charge >= 0.3 is 0 Å². The van der Waals surface area contributed by atoms with Crippen molar-refractivity contribution in [1.29, 1.82) is 0 Å². The third-order valence-corrected chi connectivity index (χ3v) is 11.2. The van der Waals surface area contributed by atoms with E-state index in [9.17, 15) is 0 Å². The molecule has 4 heterocycles. The van der Waals surface area contributed by atoms with E-state index in [1.807, 2.05) is 67.1 Å². The molecule has 0 saturated carbocycles. The summed E-state index contributed by atoms with van der Waals surface area (Å²) in [5.74, 6) is 0. The van der Waals surface area contributed by atoms with Gasteiger partial charge in [0.1, 0.15) is 5.58 Å². The molecule has 3 nitrogen and oxygen atoms in total. The minimum absolute atomic E-state index is 0.